The third-order valence-corrected chi connectivity index (χ3v) is 10.8. The minimum atomic E-state index is -3.86. The second kappa shape index (κ2) is 10.5. The molecule has 2 aliphatic rings. The van der Waals surface area contributed by atoms with Crippen molar-refractivity contribution in [3.63, 3.8) is 0 Å². The number of rotatable bonds is 11. The molecule has 1 saturated carbocycles. The maximum Gasteiger partial charge on any atom is 0.323 e. The molecular formula is C24H31FN7O6PS. The number of ether oxygens (including phenoxy) is 2. The molecule has 1 aliphatic heterocycles. The van der Waals surface area contributed by atoms with Crippen molar-refractivity contribution in [2.45, 2.75) is 61.4 Å². The van der Waals surface area contributed by atoms with Crippen LogP contribution in [0.15, 0.2) is 41.6 Å². The van der Waals surface area contributed by atoms with E-state index in [2.05, 4.69) is 25.4 Å². The number of halogens is 1. The van der Waals surface area contributed by atoms with Crippen molar-refractivity contribution in [2.75, 3.05) is 30.2 Å². The summed E-state index contributed by atoms with van der Waals surface area (Å²) in [5, 5.41) is 17.0. The number of hydrogen-bond donors (Lipinski definition) is 4. The van der Waals surface area contributed by atoms with Gasteiger partial charge in [-0.1, -0.05) is 18.2 Å². The van der Waals surface area contributed by atoms with E-state index >= 15 is 4.39 Å². The Morgan fingerprint density at radius 1 is 1.38 bits per heavy atom. The number of nitrogen functional groups attached to an aromatic ring is 1. The molecule has 7 atom stereocenters. The molecule has 0 amide bonds. The van der Waals surface area contributed by atoms with Crippen molar-refractivity contribution in [3.8, 4) is 0 Å². The molecule has 3 heterocycles. The first-order valence-electron chi connectivity index (χ1n) is 12.6. The molecular weight excluding hydrogens is 564 g/mol. The van der Waals surface area contributed by atoms with Gasteiger partial charge in [0.1, 0.15) is 18.2 Å². The lowest BCUT2D eigenvalue weighted by Crippen LogP contribution is -2.45. The van der Waals surface area contributed by atoms with E-state index in [1.165, 1.54) is 36.5 Å². The monoisotopic (exact) mass is 595 g/mol. The average molecular weight is 596 g/mol. The topological polar surface area (TPSA) is 176 Å². The Morgan fingerprint density at radius 2 is 2.10 bits per heavy atom. The first-order chi connectivity index (χ1) is 18.9. The van der Waals surface area contributed by atoms with Crippen LogP contribution in [0.25, 0.3) is 11.2 Å². The molecule has 5 rings (SSSR count). The number of hydrogen-bond acceptors (Lipinski definition) is 12. The second-order valence-corrected chi connectivity index (χ2v) is 13.3. The fourth-order valence-electron chi connectivity index (χ4n) is 4.82. The highest BCUT2D eigenvalue weighted by atomic mass is 32.2. The molecule has 2 unspecified atom stereocenters. The van der Waals surface area contributed by atoms with Gasteiger partial charge in [-0.05, 0) is 32.9 Å². The van der Waals surface area contributed by atoms with E-state index < -0.39 is 49.2 Å². The molecule has 2 aromatic heterocycles. The van der Waals surface area contributed by atoms with Gasteiger partial charge >= 0.3 is 5.97 Å². The Kier molecular flexibility index (Phi) is 7.57. The van der Waals surface area contributed by atoms with Gasteiger partial charge in [-0.2, -0.15) is 9.97 Å². The van der Waals surface area contributed by atoms with Gasteiger partial charge < -0.3 is 30.2 Å². The lowest BCUT2D eigenvalue weighted by molar-refractivity contribution is -0.144. The largest absolute Gasteiger partial charge is 0.465 e. The number of alkyl halides is 1. The van der Waals surface area contributed by atoms with Crippen molar-refractivity contribution in [1.82, 2.24) is 24.6 Å². The highest BCUT2D eigenvalue weighted by molar-refractivity contribution is 8.04. The van der Waals surface area contributed by atoms with Gasteiger partial charge in [0, 0.05) is 11.9 Å². The maximum absolute atomic E-state index is 16.5. The highest BCUT2D eigenvalue weighted by Crippen LogP contribution is 2.66. The molecule has 1 aliphatic carbocycles. The number of thioether (sulfide) groups is 1. The Hall–Kier alpha value is -2.81. The summed E-state index contributed by atoms with van der Waals surface area (Å²) >= 11 is 1.23. The maximum atomic E-state index is 16.5. The predicted octanol–water partition coefficient (Wildman–Crippen LogP) is 2.69. The van der Waals surface area contributed by atoms with Crippen LogP contribution in [0.2, 0.25) is 0 Å². The Morgan fingerprint density at radius 3 is 2.73 bits per heavy atom. The van der Waals surface area contributed by atoms with Crippen LogP contribution in [0.1, 0.15) is 27.0 Å². The normalized spacial score (nSPS) is 29.5. The van der Waals surface area contributed by atoms with Crippen LogP contribution in [-0.2, 0) is 23.4 Å². The van der Waals surface area contributed by atoms with Gasteiger partial charge in [-0.25, -0.2) is 14.5 Å². The molecule has 2 fully saturated rings. The standard InChI is InChI=1S/C24H31FN7O6PS/c1-5-36-20(33)13(2)31-39(35,12-40-14-9-7-6-8-10-14)38-17-16-24(17,34)23(3,25)21(37-16)32-11-28-15-18(27-4)29-22(26)30-19(15)32/h6-11,13,16-17,21,34H,5,12H2,1-4H3,(H,31,35)(H3,26,27,29,30)/t13-,16+,17?,21+,23-,24-,39?/m0/s1. The summed E-state index contributed by atoms with van der Waals surface area (Å²) in [6.45, 7) is 4.47. The number of imidazole rings is 1. The molecule has 3 aromatic rings. The van der Waals surface area contributed by atoms with Crippen LogP contribution in [0.5, 0.6) is 0 Å². The fourth-order valence-corrected chi connectivity index (χ4v) is 8.39. The van der Waals surface area contributed by atoms with Crippen molar-refractivity contribution in [2.24, 2.45) is 0 Å². The average Bonchev–Trinajstić information content (AvgIpc) is 3.17. The van der Waals surface area contributed by atoms with Crippen LogP contribution < -0.4 is 16.1 Å². The van der Waals surface area contributed by atoms with Crippen molar-refractivity contribution in [1.29, 1.82) is 0 Å². The van der Waals surface area contributed by atoms with Crippen LogP contribution in [0.3, 0.4) is 0 Å². The van der Waals surface area contributed by atoms with Crippen LogP contribution in [0.4, 0.5) is 16.2 Å². The minimum absolute atomic E-state index is 0.0547. The first kappa shape index (κ1) is 28.7. The second-order valence-electron chi connectivity index (χ2n) is 9.70. The number of esters is 1. The van der Waals surface area contributed by atoms with E-state index in [4.69, 9.17) is 19.7 Å². The van der Waals surface area contributed by atoms with E-state index in [0.717, 1.165) is 4.90 Å². The van der Waals surface area contributed by atoms with E-state index in [9.17, 15) is 14.5 Å². The molecule has 0 radical (unpaired) electrons. The number of anilines is 2. The summed E-state index contributed by atoms with van der Waals surface area (Å²) in [5.74, 6) is -0.323. The zero-order chi connectivity index (χ0) is 28.9. The molecule has 13 nitrogen and oxygen atoms in total. The van der Waals surface area contributed by atoms with Crippen molar-refractivity contribution < 1.29 is 32.9 Å². The van der Waals surface area contributed by atoms with Crippen LogP contribution in [0, 0.1) is 0 Å². The van der Waals surface area contributed by atoms with Gasteiger partial charge in [-0.15, -0.1) is 11.8 Å². The fraction of sp³-hybridized carbons (Fsp3) is 0.500. The smallest absolute Gasteiger partial charge is 0.323 e. The summed E-state index contributed by atoms with van der Waals surface area (Å²) in [5.41, 5.74) is 1.72. The van der Waals surface area contributed by atoms with Gasteiger partial charge in [0.05, 0.1) is 18.4 Å². The summed E-state index contributed by atoms with van der Waals surface area (Å²) in [6.07, 6.45) is -2.43. The van der Waals surface area contributed by atoms with Gasteiger partial charge in [0.25, 0.3) is 7.52 Å². The summed E-state index contributed by atoms with van der Waals surface area (Å²) in [7, 11) is -2.22. The number of nitrogens with one attached hydrogen (secondary N) is 2. The number of benzene rings is 1. The third kappa shape index (κ3) is 4.84. The van der Waals surface area contributed by atoms with Crippen molar-refractivity contribution in [3.05, 3.63) is 36.7 Å². The molecule has 16 heteroatoms. The lowest BCUT2D eigenvalue weighted by atomic mass is 9.97. The number of aromatic nitrogens is 4. The number of nitrogens with two attached hydrogens (primary N) is 1. The lowest BCUT2D eigenvalue weighted by Gasteiger charge is -2.32. The third-order valence-electron chi connectivity index (χ3n) is 6.94. The summed E-state index contributed by atoms with van der Waals surface area (Å²) < 4.78 is 48.7. The zero-order valence-electron chi connectivity index (χ0n) is 22.3. The summed E-state index contributed by atoms with van der Waals surface area (Å²) in [4.78, 5) is 25.6. The quantitative estimate of drug-likeness (QED) is 0.145. The zero-order valence-corrected chi connectivity index (χ0v) is 24.0. The van der Waals surface area contributed by atoms with E-state index in [1.807, 2.05) is 30.3 Å². The number of nitrogens with zero attached hydrogens (tertiary/aromatic N) is 4. The minimum Gasteiger partial charge on any atom is -0.465 e. The van der Waals surface area contributed by atoms with Gasteiger partial charge in [0.2, 0.25) is 5.95 Å². The predicted molar refractivity (Wildman–Crippen MR) is 147 cm³/mol. The number of aliphatic hydroxyl groups is 1. The summed E-state index contributed by atoms with van der Waals surface area (Å²) in [6, 6.07) is 8.20. The van der Waals surface area contributed by atoms with Gasteiger partial charge in [-0.3, -0.25) is 13.9 Å². The molecule has 0 spiro atoms. The SMILES string of the molecule is CCOC(=O)[C@H](C)NP(=O)(CSc1ccccc1)OC1[C@H]2O[C@@H](n3cnc4c(NC)nc(N)nc43)[C@](C)(F)[C@@]12O. The number of carbonyl (C=O) groups excluding carboxylic acids is 1. The first-order valence-corrected chi connectivity index (χ1v) is 15.4. The molecule has 1 saturated heterocycles. The molecule has 1 aromatic carbocycles. The number of carbonyl (C=O) groups is 1. The van der Waals surface area contributed by atoms with E-state index in [-0.39, 0.29) is 23.7 Å². The Bertz CT molecular complexity index is 1460. The number of fused-ring (bicyclic) bond motifs is 2. The van der Waals surface area contributed by atoms with E-state index in [1.54, 1.807) is 14.0 Å². The Labute approximate surface area is 233 Å². The molecule has 5 N–H and O–H groups in total. The highest BCUT2D eigenvalue weighted by Gasteiger charge is 2.85. The Balaban J connectivity index is 1.38. The van der Waals surface area contributed by atoms with Crippen molar-refractivity contribution >= 4 is 48.2 Å². The molecule has 216 valence electrons. The van der Waals surface area contributed by atoms with Crippen LogP contribution >= 0.6 is 19.3 Å². The van der Waals surface area contributed by atoms with Crippen LogP contribution in [-0.4, -0.2) is 79.3 Å². The molecule has 40 heavy (non-hydrogen) atoms. The van der Waals surface area contributed by atoms with E-state index in [0.29, 0.717) is 11.3 Å². The van der Waals surface area contributed by atoms with Gasteiger partial charge in [0.15, 0.2) is 34.5 Å². The molecule has 0 bridgehead atoms.